The molecule has 0 fully saturated rings. The van der Waals surface area contributed by atoms with Gasteiger partial charge in [-0.05, 0) is 47.0 Å². The van der Waals surface area contributed by atoms with Gasteiger partial charge in [0.1, 0.15) is 0 Å². The molecular weight excluding hydrogens is 288 g/mol. The Kier molecular flexibility index (Phi) is 3.55. The first-order chi connectivity index (χ1) is 9.56. The Hall–Kier alpha value is -1.35. The molecule has 3 rings (SSSR count). The van der Waals surface area contributed by atoms with Crippen LogP contribution in [0.15, 0.2) is 53.9 Å². The number of thiophene rings is 1. The van der Waals surface area contributed by atoms with Crippen LogP contribution in [0.1, 0.15) is 18.1 Å². The number of fused-ring (bicyclic) bond motifs is 1. The van der Waals surface area contributed by atoms with Crippen LogP contribution in [0.25, 0.3) is 10.1 Å². The smallest absolute Gasteiger partial charge is 0.0909 e. The summed E-state index contributed by atoms with van der Waals surface area (Å²) in [5.41, 5.74) is 1.18. The number of hydrogen-bond donors (Lipinski definition) is 1. The lowest BCUT2D eigenvalue weighted by Gasteiger charge is -2.23. The minimum Gasteiger partial charge on any atom is -0.385 e. The fraction of sp³-hybridized carbons (Fsp3) is 0.176. The number of rotatable bonds is 3. The molecule has 102 valence electrons. The molecule has 3 aromatic rings. The van der Waals surface area contributed by atoms with E-state index in [0.29, 0.717) is 11.4 Å². The average Bonchev–Trinajstić information content (AvgIpc) is 2.82. The first kappa shape index (κ1) is 13.6. The summed E-state index contributed by atoms with van der Waals surface area (Å²) >= 11 is 7.62. The third-order valence-corrected chi connectivity index (χ3v) is 4.83. The normalized spacial score (nSPS) is 14.3. The van der Waals surface area contributed by atoms with Crippen LogP contribution in [0.4, 0.5) is 0 Å². The van der Waals surface area contributed by atoms with Crippen molar-refractivity contribution in [3.63, 3.8) is 0 Å². The van der Waals surface area contributed by atoms with Gasteiger partial charge in [0, 0.05) is 16.1 Å². The topological polar surface area (TPSA) is 20.2 Å². The molecule has 1 N–H and O–H groups in total. The monoisotopic (exact) mass is 302 g/mol. The summed E-state index contributed by atoms with van der Waals surface area (Å²) < 4.78 is 1.26. The first-order valence-corrected chi connectivity index (χ1v) is 7.75. The summed E-state index contributed by atoms with van der Waals surface area (Å²) in [6.07, 6.45) is 0.596. The molecule has 1 atom stereocenters. The Balaban J connectivity index is 1.94. The Morgan fingerprint density at radius 1 is 1.10 bits per heavy atom. The molecule has 0 spiro atoms. The molecule has 1 aromatic heterocycles. The van der Waals surface area contributed by atoms with E-state index in [9.17, 15) is 5.11 Å². The summed E-state index contributed by atoms with van der Waals surface area (Å²) in [6.45, 7) is 1.85. The van der Waals surface area contributed by atoms with Gasteiger partial charge in [0.25, 0.3) is 0 Å². The van der Waals surface area contributed by atoms with E-state index in [0.717, 1.165) is 5.56 Å². The Morgan fingerprint density at radius 3 is 2.55 bits per heavy atom. The van der Waals surface area contributed by atoms with Gasteiger partial charge in [0.2, 0.25) is 0 Å². The highest BCUT2D eigenvalue weighted by Crippen LogP contribution is 2.32. The molecule has 1 nitrogen and oxygen atoms in total. The molecule has 0 amide bonds. The summed E-state index contributed by atoms with van der Waals surface area (Å²) in [6, 6.07) is 15.7. The Bertz CT molecular complexity index is 728. The second kappa shape index (κ2) is 5.21. The van der Waals surface area contributed by atoms with E-state index in [1.165, 1.54) is 15.6 Å². The van der Waals surface area contributed by atoms with Crippen molar-refractivity contribution in [3.05, 3.63) is 70.1 Å². The van der Waals surface area contributed by atoms with Gasteiger partial charge < -0.3 is 5.11 Å². The fourth-order valence-electron chi connectivity index (χ4n) is 2.45. The van der Waals surface area contributed by atoms with E-state index in [2.05, 4.69) is 17.5 Å². The summed E-state index contributed by atoms with van der Waals surface area (Å²) in [7, 11) is 0. The van der Waals surface area contributed by atoms with Crippen molar-refractivity contribution in [3.8, 4) is 0 Å². The molecule has 3 heteroatoms. The highest BCUT2D eigenvalue weighted by atomic mass is 35.5. The van der Waals surface area contributed by atoms with Gasteiger partial charge in [-0.3, -0.25) is 0 Å². The zero-order chi connectivity index (χ0) is 14.2. The fourth-order valence-corrected chi connectivity index (χ4v) is 3.54. The summed E-state index contributed by atoms with van der Waals surface area (Å²) in [5.74, 6) is 0. The number of benzene rings is 2. The van der Waals surface area contributed by atoms with Gasteiger partial charge in [-0.2, -0.15) is 0 Å². The molecule has 2 aromatic carbocycles. The van der Waals surface area contributed by atoms with Gasteiger partial charge in [-0.1, -0.05) is 41.9 Å². The number of halogens is 1. The lowest BCUT2D eigenvalue weighted by Crippen LogP contribution is -2.24. The van der Waals surface area contributed by atoms with Crippen LogP contribution in [0.5, 0.6) is 0 Å². The highest BCUT2D eigenvalue weighted by molar-refractivity contribution is 7.17. The molecule has 0 aliphatic heterocycles. The van der Waals surface area contributed by atoms with Crippen molar-refractivity contribution in [1.82, 2.24) is 0 Å². The van der Waals surface area contributed by atoms with Gasteiger partial charge in [-0.15, -0.1) is 11.3 Å². The van der Waals surface area contributed by atoms with Gasteiger partial charge in [0.05, 0.1) is 5.60 Å². The largest absolute Gasteiger partial charge is 0.385 e. The van der Waals surface area contributed by atoms with Crippen molar-refractivity contribution in [2.24, 2.45) is 0 Å². The molecule has 0 aliphatic carbocycles. The minimum atomic E-state index is -0.894. The molecule has 0 radical (unpaired) electrons. The number of aliphatic hydroxyl groups is 1. The second-order valence-electron chi connectivity index (χ2n) is 5.21. The van der Waals surface area contributed by atoms with Gasteiger partial charge in [-0.25, -0.2) is 0 Å². The van der Waals surface area contributed by atoms with Gasteiger partial charge >= 0.3 is 0 Å². The average molecular weight is 303 g/mol. The standard InChI is InChI=1S/C17H15ClOS/c1-17(19,13-6-8-14(18)9-7-13)10-12-11-20-16-5-3-2-4-15(12)16/h2-9,11,19H,10H2,1H3. The van der Waals surface area contributed by atoms with Crippen LogP contribution < -0.4 is 0 Å². The highest BCUT2D eigenvalue weighted by Gasteiger charge is 2.24. The Labute approximate surface area is 127 Å². The van der Waals surface area contributed by atoms with Crippen molar-refractivity contribution < 1.29 is 5.11 Å². The van der Waals surface area contributed by atoms with E-state index >= 15 is 0 Å². The third-order valence-electron chi connectivity index (χ3n) is 3.56. The second-order valence-corrected chi connectivity index (χ2v) is 6.56. The third kappa shape index (κ3) is 2.59. The van der Waals surface area contributed by atoms with E-state index < -0.39 is 5.60 Å². The van der Waals surface area contributed by atoms with Gasteiger partial charge in [0.15, 0.2) is 0 Å². The van der Waals surface area contributed by atoms with Crippen LogP contribution in [0.3, 0.4) is 0 Å². The van der Waals surface area contributed by atoms with Crippen LogP contribution in [-0.4, -0.2) is 5.11 Å². The molecule has 1 unspecified atom stereocenters. The maximum absolute atomic E-state index is 10.8. The summed E-state index contributed by atoms with van der Waals surface area (Å²) in [5, 5.41) is 14.8. The van der Waals surface area contributed by atoms with E-state index in [-0.39, 0.29) is 0 Å². The van der Waals surface area contributed by atoms with E-state index in [1.54, 1.807) is 11.3 Å². The minimum absolute atomic E-state index is 0.596. The van der Waals surface area contributed by atoms with Crippen LogP contribution in [0.2, 0.25) is 5.02 Å². The molecular formula is C17H15ClOS. The summed E-state index contributed by atoms with van der Waals surface area (Å²) in [4.78, 5) is 0. The first-order valence-electron chi connectivity index (χ1n) is 6.50. The molecule has 1 heterocycles. The van der Waals surface area contributed by atoms with Crippen molar-refractivity contribution in [2.45, 2.75) is 18.9 Å². The lowest BCUT2D eigenvalue weighted by atomic mass is 9.89. The van der Waals surface area contributed by atoms with Crippen molar-refractivity contribution >= 4 is 33.0 Å². The quantitative estimate of drug-likeness (QED) is 0.721. The Morgan fingerprint density at radius 2 is 1.80 bits per heavy atom. The zero-order valence-corrected chi connectivity index (χ0v) is 12.7. The predicted molar refractivity (Wildman–Crippen MR) is 86.6 cm³/mol. The van der Waals surface area contributed by atoms with Crippen molar-refractivity contribution in [2.75, 3.05) is 0 Å². The molecule has 20 heavy (non-hydrogen) atoms. The van der Waals surface area contributed by atoms with E-state index in [1.807, 2.05) is 43.3 Å². The van der Waals surface area contributed by atoms with Crippen LogP contribution in [-0.2, 0) is 12.0 Å². The molecule has 0 saturated heterocycles. The maximum atomic E-state index is 10.8. The van der Waals surface area contributed by atoms with E-state index in [4.69, 9.17) is 11.6 Å². The molecule has 0 aliphatic rings. The molecule has 0 bridgehead atoms. The van der Waals surface area contributed by atoms with Crippen LogP contribution >= 0.6 is 22.9 Å². The molecule has 0 saturated carbocycles. The number of hydrogen-bond acceptors (Lipinski definition) is 2. The SMILES string of the molecule is CC(O)(Cc1csc2ccccc12)c1ccc(Cl)cc1. The zero-order valence-electron chi connectivity index (χ0n) is 11.1. The predicted octanol–water partition coefficient (Wildman–Crippen LogP) is 5.00. The van der Waals surface area contributed by atoms with Crippen LogP contribution in [0, 0.1) is 0 Å². The van der Waals surface area contributed by atoms with Crippen molar-refractivity contribution in [1.29, 1.82) is 0 Å². The lowest BCUT2D eigenvalue weighted by molar-refractivity contribution is 0.0580. The maximum Gasteiger partial charge on any atom is 0.0909 e.